The van der Waals surface area contributed by atoms with E-state index in [0.29, 0.717) is 12.6 Å². The van der Waals surface area contributed by atoms with E-state index in [1.54, 1.807) is 18.3 Å². The second-order valence-electron chi connectivity index (χ2n) is 4.54. The van der Waals surface area contributed by atoms with Crippen LogP contribution in [0.25, 0.3) is 10.9 Å². The van der Waals surface area contributed by atoms with Gasteiger partial charge in [0.1, 0.15) is 5.75 Å². The standard InChI is InChI=1S/C14H19N3O/c1-10(4-2-6-15)17-13-9-12(18)8-11-5-3-7-16-14(11)13/h3,5,7-10,17-18H,2,4,6,15H2,1H3/t10-/m1/s1. The number of hydrogen-bond acceptors (Lipinski definition) is 4. The van der Waals surface area contributed by atoms with Crippen LogP contribution in [0.15, 0.2) is 30.5 Å². The molecule has 1 heterocycles. The molecule has 1 atom stereocenters. The number of rotatable bonds is 5. The zero-order valence-corrected chi connectivity index (χ0v) is 10.6. The summed E-state index contributed by atoms with van der Waals surface area (Å²) in [5.41, 5.74) is 7.26. The summed E-state index contributed by atoms with van der Waals surface area (Å²) in [5, 5.41) is 14.0. The number of aromatic hydroxyl groups is 1. The van der Waals surface area contributed by atoms with Crippen LogP contribution in [0.2, 0.25) is 0 Å². The van der Waals surface area contributed by atoms with Gasteiger partial charge in [0.05, 0.1) is 11.2 Å². The number of hydrogen-bond donors (Lipinski definition) is 3. The maximum Gasteiger partial charge on any atom is 0.118 e. The molecule has 0 aliphatic heterocycles. The topological polar surface area (TPSA) is 71.2 Å². The number of fused-ring (bicyclic) bond motifs is 1. The van der Waals surface area contributed by atoms with E-state index in [9.17, 15) is 5.11 Å². The normalized spacial score (nSPS) is 12.6. The fourth-order valence-electron chi connectivity index (χ4n) is 2.05. The van der Waals surface area contributed by atoms with E-state index in [2.05, 4.69) is 17.2 Å². The average molecular weight is 245 g/mol. The highest BCUT2D eigenvalue weighted by atomic mass is 16.3. The zero-order valence-electron chi connectivity index (χ0n) is 10.6. The number of phenols is 1. The summed E-state index contributed by atoms with van der Waals surface area (Å²) in [7, 11) is 0. The van der Waals surface area contributed by atoms with Crippen molar-refractivity contribution in [3.05, 3.63) is 30.5 Å². The smallest absolute Gasteiger partial charge is 0.118 e. The molecule has 0 aliphatic rings. The van der Waals surface area contributed by atoms with Gasteiger partial charge >= 0.3 is 0 Å². The van der Waals surface area contributed by atoms with Gasteiger partial charge in [0.2, 0.25) is 0 Å². The summed E-state index contributed by atoms with van der Waals surface area (Å²) in [6, 6.07) is 7.55. The van der Waals surface area contributed by atoms with Crippen molar-refractivity contribution in [2.24, 2.45) is 5.73 Å². The predicted octanol–water partition coefficient (Wildman–Crippen LogP) is 2.48. The van der Waals surface area contributed by atoms with Gasteiger partial charge in [-0.3, -0.25) is 4.98 Å². The molecule has 4 heteroatoms. The third-order valence-corrected chi connectivity index (χ3v) is 2.93. The Kier molecular flexibility index (Phi) is 3.99. The minimum absolute atomic E-state index is 0.254. The fourth-order valence-corrected chi connectivity index (χ4v) is 2.05. The number of nitrogens with one attached hydrogen (secondary N) is 1. The van der Waals surface area contributed by atoms with Crippen LogP contribution in [0.1, 0.15) is 19.8 Å². The Morgan fingerprint density at radius 1 is 1.44 bits per heavy atom. The van der Waals surface area contributed by atoms with Crippen molar-refractivity contribution in [3.63, 3.8) is 0 Å². The molecule has 0 amide bonds. The molecule has 0 spiro atoms. The lowest BCUT2D eigenvalue weighted by atomic mass is 10.1. The first kappa shape index (κ1) is 12.6. The highest BCUT2D eigenvalue weighted by Gasteiger charge is 2.07. The maximum absolute atomic E-state index is 9.71. The molecular formula is C14H19N3O. The molecule has 0 bridgehead atoms. The number of phenolic OH excluding ortho intramolecular Hbond substituents is 1. The number of benzene rings is 1. The Bertz CT molecular complexity index is 527. The van der Waals surface area contributed by atoms with Crippen molar-refractivity contribution in [2.45, 2.75) is 25.8 Å². The Labute approximate surface area is 107 Å². The first-order valence-electron chi connectivity index (χ1n) is 6.25. The maximum atomic E-state index is 9.71. The van der Waals surface area contributed by atoms with Crippen molar-refractivity contribution in [2.75, 3.05) is 11.9 Å². The highest BCUT2D eigenvalue weighted by Crippen LogP contribution is 2.27. The van der Waals surface area contributed by atoms with Crippen molar-refractivity contribution >= 4 is 16.6 Å². The molecule has 0 aliphatic carbocycles. The van der Waals surface area contributed by atoms with E-state index in [0.717, 1.165) is 29.4 Å². The molecule has 1 aromatic heterocycles. The van der Waals surface area contributed by atoms with E-state index < -0.39 is 0 Å². The number of nitrogens with zero attached hydrogens (tertiary/aromatic N) is 1. The minimum atomic E-state index is 0.254. The van der Waals surface area contributed by atoms with Gasteiger partial charge in [0.25, 0.3) is 0 Å². The Balaban J connectivity index is 2.26. The van der Waals surface area contributed by atoms with E-state index in [1.807, 2.05) is 12.1 Å². The van der Waals surface area contributed by atoms with Gasteiger partial charge in [-0.05, 0) is 38.4 Å². The van der Waals surface area contributed by atoms with Gasteiger partial charge in [-0.15, -0.1) is 0 Å². The van der Waals surface area contributed by atoms with E-state index >= 15 is 0 Å². The van der Waals surface area contributed by atoms with Crippen LogP contribution in [0, 0.1) is 0 Å². The molecular weight excluding hydrogens is 226 g/mol. The number of anilines is 1. The van der Waals surface area contributed by atoms with E-state index in [1.165, 1.54) is 0 Å². The molecule has 18 heavy (non-hydrogen) atoms. The molecule has 2 aromatic rings. The monoisotopic (exact) mass is 245 g/mol. The molecule has 0 fully saturated rings. The number of aromatic nitrogens is 1. The third kappa shape index (κ3) is 2.90. The van der Waals surface area contributed by atoms with Crippen molar-refractivity contribution < 1.29 is 5.11 Å². The molecule has 96 valence electrons. The average Bonchev–Trinajstić information content (AvgIpc) is 2.36. The van der Waals surface area contributed by atoms with Crippen LogP contribution in [-0.4, -0.2) is 22.7 Å². The van der Waals surface area contributed by atoms with Gasteiger partial charge in [0, 0.05) is 23.7 Å². The summed E-state index contributed by atoms with van der Waals surface area (Å²) in [6.07, 6.45) is 3.74. The fraction of sp³-hybridized carbons (Fsp3) is 0.357. The second-order valence-corrected chi connectivity index (χ2v) is 4.54. The summed E-state index contributed by atoms with van der Waals surface area (Å²) in [4.78, 5) is 4.36. The quantitative estimate of drug-likeness (QED) is 0.756. The molecule has 2 rings (SSSR count). The van der Waals surface area contributed by atoms with E-state index in [4.69, 9.17) is 5.73 Å². The molecule has 0 saturated heterocycles. The first-order valence-corrected chi connectivity index (χ1v) is 6.25. The van der Waals surface area contributed by atoms with Crippen LogP contribution in [-0.2, 0) is 0 Å². The van der Waals surface area contributed by atoms with Crippen molar-refractivity contribution in [1.29, 1.82) is 0 Å². The Morgan fingerprint density at radius 3 is 3.06 bits per heavy atom. The summed E-state index contributed by atoms with van der Waals surface area (Å²) in [6.45, 7) is 2.81. The largest absolute Gasteiger partial charge is 0.508 e. The van der Waals surface area contributed by atoms with Crippen LogP contribution < -0.4 is 11.1 Å². The zero-order chi connectivity index (χ0) is 13.0. The third-order valence-electron chi connectivity index (χ3n) is 2.93. The van der Waals surface area contributed by atoms with Gasteiger partial charge in [-0.2, -0.15) is 0 Å². The minimum Gasteiger partial charge on any atom is -0.508 e. The Morgan fingerprint density at radius 2 is 2.28 bits per heavy atom. The number of pyridine rings is 1. The van der Waals surface area contributed by atoms with Crippen molar-refractivity contribution in [3.8, 4) is 5.75 Å². The first-order chi connectivity index (χ1) is 8.70. The molecule has 0 unspecified atom stereocenters. The molecule has 1 aromatic carbocycles. The molecule has 0 radical (unpaired) electrons. The molecule has 4 nitrogen and oxygen atoms in total. The SMILES string of the molecule is C[C@H](CCCN)Nc1cc(O)cc2cccnc12. The van der Waals surface area contributed by atoms with E-state index in [-0.39, 0.29) is 5.75 Å². The molecule has 4 N–H and O–H groups in total. The van der Waals surface area contributed by atoms with Gasteiger partial charge in [-0.25, -0.2) is 0 Å². The summed E-state index contributed by atoms with van der Waals surface area (Å²) in [5.74, 6) is 0.254. The summed E-state index contributed by atoms with van der Waals surface area (Å²) >= 11 is 0. The van der Waals surface area contributed by atoms with Gasteiger partial charge in [0.15, 0.2) is 0 Å². The second kappa shape index (κ2) is 5.69. The van der Waals surface area contributed by atoms with Gasteiger partial charge < -0.3 is 16.2 Å². The number of nitrogens with two attached hydrogens (primary N) is 1. The van der Waals surface area contributed by atoms with Crippen molar-refractivity contribution in [1.82, 2.24) is 4.98 Å². The van der Waals surface area contributed by atoms with Crippen LogP contribution in [0.3, 0.4) is 0 Å². The predicted molar refractivity (Wildman–Crippen MR) is 74.8 cm³/mol. The van der Waals surface area contributed by atoms with Crippen LogP contribution in [0.4, 0.5) is 5.69 Å². The van der Waals surface area contributed by atoms with Crippen LogP contribution >= 0.6 is 0 Å². The summed E-state index contributed by atoms with van der Waals surface area (Å²) < 4.78 is 0. The molecule has 0 saturated carbocycles. The lowest BCUT2D eigenvalue weighted by Gasteiger charge is -2.16. The van der Waals surface area contributed by atoms with Crippen LogP contribution in [0.5, 0.6) is 5.75 Å². The lowest BCUT2D eigenvalue weighted by Crippen LogP contribution is -2.17. The highest BCUT2D eigenvalue weighted by molar-refractivity contribution is 5.91. The van der Waals surface area contributed by atoms with Gasteiger partial charge in [-0.1, -0.05) is 6.07 Å². The lowest BCUT2D eigenvalue weighted by molar-refractivity contribution is 0.476. The Hall–Kier alpha value is -1.81.